The highest BCUT2D eigenvalue weighted by Crippen LogP contribution is 2.39. The van der Waals surface area contributed by atoms with E-state index >= 15 is 0 Å². The molecule has 0 aromatic heterocycles. The van der Waals surface area contributed by atoms with E-state index in [4.69, 9.17) is 18.9 Å². The molecule has 5 nitrogen and oxygen atoms in total. The van der Waals surface area contributed by atoms with Crippen LogP contribution < -0.4 is 14.2 Å². The summed E-state index contributed by atoms with van der Waals surface area (Å²) in [6, 6.07) is 9.35. The summed E-state index contributed by atoms with van der Waals surface area (Å²) in [5.74, 6) is 1.90. The van der Waals surface area contributed by atoms with Crippen LogP contribution in [0.15, 0.2) is 30.3 Å². The summed E-state index contributed by atoms with van der Waals surface area (Å²) in [5.41, 5.74) is 3.33. The molecule has 2 aromatic carbocycles. The van der Waals surface area contributed by atoms with Gasteiger partial charge in [0.15, 0.2) is 11.5 Å². The first-order chi connectivity index (χ1) is 12.5. The van der Waals surface area contributed by atoms with E-state index in [1.165, 1.54) is 0 Å². The predicted molar refractivity (Wildman–Crippen MR) is 101 cm³/mol. The minimum Gasteiger partial charge on any atom is -0.496 e. The first-order valence-electron chi connectivity index (χ1n) is 8.66. The molecule has 0 aliphatic carbocycles. The third-order valence-corrected chi connectivity index (χ3v) is 4.49. The molecule has 0 fully saturated rings. The van der Waals surface area contributed by atoms with Crippen LogP contribution in [0.4, 0.5) is 0 Å². The molecule has 2 atom stereocenters. The summed E-state index contributed by atoms with van der Waals surface area (Å²) in [4.78, 5) is 0. The van der Waals surface area contributed by atoms with E-state index in [-0.39, 0.29) is 6.10 Å². The Morgan fingerprint density at radius 1 is 0.885 bits per heavy atom. The van der Waals surface area contributed by atoms with Crippen molar-refractivity contribution in [3.8, 4) is 17.2 Å². The van der Waals surface area contributed by atoms with Crippen LogP contribution in [0.25, 0.3) is 0 Å². The van der Waals surface area contributed by atoms with Crippen molar-refractivity contribution in [2.45, 2.75) is 33.0 Å². The van der Waals surface area contributed by atoms with Crippen LogP contribution in [-0.4, -0.2) is 33.0 Å². The molecule has 26 heavy (non-hydrogen) atoms. The molecule has 2 aromatic rings. The van der Waals surface area contributed by atoms with Crippen molar-refractivity contribution in [3.63, 3.8) is 0 Å². The summed E-state index contributed by atoms with van der Waals surface area (Å²) in [6.07, 6.45) is -1.04. The van der Waals surface area contributed by atoms with Gasteiger partial charge in [0, 0.05) is 6.61 Å². The van der Waals surface area contributed by atoms with Gasteiger partial charge in [-0.2, -0.15) is 0 Å². The minimum atomic E-state index is -0.845. The van der Waals surface area contributed by atoms with Gasteiger partial charge in [0.2, 0.25) is 0 Å². The summed E-state index contributed by atoms with van der Waals surface area (Å²) < 4.78 is 22.0. The first-order valence-corrected chi connectivity index (χ1v) is 8.66. The number of benzene rings is 2. The fourth-order valence-corrected chi connectivity index (χ4v) is 3.03. The molecule has 0 aliphatic rings. The third kappa shape index (κ3) is 4.11. The molecule has 2 rings (SSSR count). The van der Waals surface area contributed by atoms with Crippen LogP contribution in [0.1, 0.15) is 48.3 Å². The lowest BCUT2D eigenvalue weighted by Crippen LogP contribution is -2.10. The van der Waals surface area contributed by atoms with E-state index < -0.39 is 6.10 Å². The number of aryl methyl sites for hydroxylation is 1. The van der Waals surface area contributed by atoms with Gasteiger partial charge in [0.1, 0.15) is 11.9 Å². The zero-order chi connectivity index (χ0) is 19.3. The Morgan fingerprint density at radius 3 is 2.00 bits per heavy atom. The molecule has 0 aliphatic heterocycles. The van der Waals surface area contributed by atoms with Crippen LogP contribution in [-0.2, 0) is 4.74 Å². The van der Waals surface area contributed by atoms with E-state index in [2.05, 4.69) is 0 Å². The molecule has 0 bridgehead atoms. The van der Waals surface area contributed by atoms with E-state index in [9.17, 15) is 5.11 Å². The van der Waals surface area contributed by atoms with Crippen LogP contribution in [0, 0.1) is 6.92 Å². The highest BCUT2D eigenvalue weighted by atomic mass is 16.5. The highest BCUT2D eigenvalue weighted by molar-refractivity contribution is 5.51. The topological polar surface area (TPSA) is 57.2 Å². The van der Waals surface area contributed by atoms with Gasteiger partial charge < -0.3 is 24.1 Å². The van der Waals surface area contributed by atoms with Crippen LogP contribution in [0.2, 0.25) is 0 Å². The van der Waals surface area contributed by atoms with Gasteiger partial charge in [-0.15, -0.1) is 0 Å². The fraction of sp³-hybridized carbons (Fsp3) is 0.429. The van der Waals surface area contributed by atoms with Gasteiger partial charge in [0.05, 0.1) is 27.4 Å². The van der Waals surface area contributed by atoms with E-state index in [1.807, 2.05) is 45.0 Å². The largest absolute Gasteiger partial charge is 0.496 e. The van der Waals surface area contributed by atoms with E-state index in [0.717, 1.165) is 28.0 Å². The maximum atomic E-state index is 11.1. The monoisotopic (exact) mass is 360 g/mol. The smallest absolute Gasteiger partial charge is 0.161 e. The maximum Gasteiger partial charge on any atom is 0.161 e. The SMILES string of the molecule is CCOC(C)c1cc(OC)c(OC)cc1C(O)c1ccc(C)c(OC)c1. The average molecular weight is 360 g/mol. The molecule has 142 valence electrons. The van der Waals surface area contributed by atoms with Gasteiger partial charge in [-0.05, 0) is 61.2 Å². The summed E-state index contributed by atoms with van der Waals surface area (Å²) in [6.45, 7) is 6.44. The zero-order valence-electron chi connectivity index (χ0n) is 16.3. The van der Waals surface area contributed by atoms with Crippen molar-refractivity contribution in [2.75, 3.05) is 27.9 Å². The standard InChI is InChI=1S/C21H28O5/c1-7-26-14(3)16-11-19(24-5)20(25-6)12-17(16)21(22)15-9-8-13(2)18(10-15)23-4/h8-12,14,21-22H,7H2,1-6H3. The Kier molecular flexibility index (Phi) is 6.89. The maximum absolute atomic E-state index is 11.1. The highest BCUT2D eigenvalue weighted by Gasteiger charge is 2.23. The van der Waals surface area contributed by atoms with E-state index in [0.29, 0.717) is 18.1 Å². The average Bonchev–Trinajstić information content (AvgIpc) is 2.66. The van der Waals surface area contributed by atoms with Gasteiger partial charge in [0.25, 0.3) is 0 Å². The second-order valence-corrected chi connectivity index (χ2v) is 6.07. The van der Waals surface area contributed by atoms with Gasteiger partial charge in [-0.3, -0.25) is 0 Å². The number of hydrogen-bond donors (Lipinski definition) is 1. The Balaban J connectivity index is 2.57. The van der Waals surface area contributed by atoms with Gasteiger partial charge in [-0.25, -0.2) is 0 Å². The van der Waals surface area contributed by atoms with Gasteiger partial charge in [-0.1, -0.05) is 12.1 Å². The molecule has 0 spiro atoms. The third-order valence-electron chi connectivity index (χ3n) is 4.49. The first kappa shape index (κ1) is 20.1. The number of aliphatic hydroxyl groups is 1. The number of hydrogen-bond acceptors (Lipinski definition) is 5. The number of ether oxygens (including phenoxy) is 4. The Morgan fingerprint density at radius 2 is 1.46 bits per heavy atom. The molecule has 0 amide bonds. The second-order valence-electron chi connectivity index (χ2n) is 6.07. The summed E-state index contributed by atoms with van der Waals surface area (Å²) in [7, 11) is 4.79. The lowest BCUT2D eigenvalue weighted by Gasteiger charge is -2.23. The number of rotatable bonds is 8. The lowest BCUT2D eigenvalue weighted by atomic mass is 9.93. The normalized spacial score (nSPS) is 13.2. The molecule has 0 radical (unpaired) electrons. The van der Waals surface area contributed by atoms with Crippen molar-refractivity contribution in [2.24, 2.45) is 0 Å². The Bertz CT molecular complexity index is 741. The molecule has 0 saturated heterocycles. The summed E-state index contributed by atoms with van der Waals surface area (Å²) >= 11 is 0. The molecule has 5 heteroatoms. The molecular weight excluding hydrogens is 332 g/mol. The van der Waals surface area contributed by atoms with Crippen LogP contribution in [0.3, 0.4) is 0 Å². The minimum absolute atomic E-state index is 0.197. The number of methoxy groups -OCH3 is 3. The van der Waals surface area contributed by atoms with Crippen LogP contribution in [0.5, 0.6) is 17.2 Å². The van der Waals surface area contributed by atoms with Crippen molar-refractivity contribution >= 4 is 0 Å². The Labute approximate surface area is 155 Å². The zero-order valence-corrected chi connectivity index (χ0v) is 16.3. The number of aliphatic hydroxyl groups excluding tert-OH is 1. The van der Waals surface area contributed by atoms with Crippen LogP contribution >= 0.6 is 0 Å². The Hall–Kier alpha value is -2.24. The molecule has 1 N–H and O–H groups in total. The lowest BCUT2D eigenvalue weighted by molar-refractivity contribution is 0.0736. The van der Waals surface area contributed by atoms with Crippen molar-refractivity contribution in [3.05, 3.63) is 52.6 Å². The molecule has 2 unspecified atom stereocenters. The van der Waals surface area contributed by atoms with Crippen molar-refractivity contribution in [1.29, 1.82) is 0 Å². The quantitative estimate of drug-likeness (QED) is 0.764. The molecular formula is C21H28O5. The molecule has 0 saturated carbocycles. The fourth-order valence-electron chi connectivity index (χ4n) is 3.03. The van der Waals surface area contributed by atoms with Crippen molar-refractivity contribution in [1.82, 2.24) is 0 Å². The second kappa shape index (κ2) is 8.92. The van der Waals surface area contributed by atoms with E-state index in [1.54, 1.807) is 27.4 Å². The summed E-state index contributed by atoms with van der Waals surface area (Å²) in [5, 5.41) is 11.1. The van der Waals surface area contributed by atoms with Gasteiger partial charge >= 0.3 is 0 Å². The predicted octanol–water partition coefficient (Wildman–Crippen LogP) is 4.20. The molecule has 0 heterocycles. The van der Waals surface area contributed by atoms with Crippen molar-refractivity contribution < 1.29 is 24.1 Å².